The summed E-state index contributed by atoms with van der Waals surface area (Å²) in [6.45, 7) is 4.02. The summed E-state index contributed by atoms with van der Waals surface area (Å²) in [5.41, 5.74) is 0.501. The van der Waals surface area contributed by atoms with E-state index in [0.717, 1.165) is 12.3 Å². The number of likely N-dealkylation sites (tertiary alicyclic amines) is 1. The van der Waals surface area contributed by atoms with Gasteiger partial charge in [0, 0.05) is 12.1 Å². The topological polar surface area (TPSA) is 29.5 Å². The van der Waals surface area contributed by atoms with Crippen LogP contribution in [0.15, 0.2) is 24.3 Å². The van der Waals surface area contributed by atoms with Crippen LogP contribution in [0.5, 0.6) is 5.75 Å². The largest absolute Gasteiger partial charge is 0.492 e. The number of rotatable bonds is 5. The smallest absolute Gasteiger partial charge is 0.252 e. The molecule has 0 radical (unpaired) electrons. The fourth-order valence-corrected chi connectivity index (χ4v) is 2.46. The van der Waals surface area contributed by atoms with E-state index in [1.54, 1.807) is 24.3 Å². The van der Waals surface area contributed by atoms with E-state index in [1.165, 1.54) is 38.8 Å². The summed E-state index contributed by atoms with van der Waals surface area (Å²) in [6, 6.07) is 6.96. The monoisotopic (exact) mass is 317 g/mol. The summed E-state index contributed by atoms with van der Waals surface area (Å²) >= 11 is 5.39. The van der Waals surface area contributed by atoms with Gasteiger partial charge in [-0.2, -0.15) is 0 Å². The van der Waals surface area contributed by atoms with Gasteiger partial charge in [-0.1, -0.05) is 12.8 Å². The second kappa shape index (κ2) is 9.22. The van der Waals surface area contributed by atoms with Gasteiger partial charge in [0.2, 0.25) is 0 Å². The Balaban J connectivity index is 0.00000200. The molecule has 0 atom stereocenters. The molecule has 20 heavy (non-hydrogen) atoms. The summed E-state index contributed by atoms with van der Waals surface area (Å²) in [5, 5.41) is -0.434. The molecule has 2 rings (SSSR count). The molecule has 3 nitrogen and oxygen atoms in total. The van der Waals surface area contributed by atoms with Crippen LogP contribution in [-0.2, 0) is 0 Å². The summed E-state index contributed by atoms with van der Waals surface area (Å²) in [7, 11) is 0. The first-order valence-corrected chi connectivity index (χ1v) is 7.28. The molecule has 1 heterocycles. The quantitative estimate of drug-likeness (QED) is 0.775. The van der Waals surface area contributed by atoms with Gasteiger partial charge in [0.1, 0.15) is 12.4 Å². The van der Waals surface area contributed by atoms with Gasteiger partial charge >= 0.3 is 0 Å². The van der Waals surface area contributed by atoms with Gasteiger partial charge < -0.3 is 4.74 Å². The molecule has 1 aliphatic rings. The minimum absolute atomic E-state index is 0. The molecule has 0 aliphatic carbocycles. The highest BCUT2D eigenvalue weighted by Crippen LogP contribution is 2.14. The van der Waals surface area contributed by atoms with E-state index in [9.17, 15) is 4.79 Å². The molecule has 0 bridgehead atoms. The predicted molar refractivity (Wildman–Crippen MR) is 84.3 cm³/mol. The second-order valence-corrected chi connectivity index (χ2v) is 5.25. The molecule has 1 aromatic rings. The highest BCUT2D eigenvalue weighted by molar-refractivity contribution is 6.67. The summed E-state index contributed by atoms with van der Waals surface area (Å²) in [4.78, 5) is 13.4. The van der Waals surface area contributed by atoms with Gasteiger partial charge in [-0.25, -0.2) is 0 Å². The van der Waals surface area contributed by atoms with E-state index in [2.05, 4.69) is 4.90 Å². The lowest BCUT2D eigenvalue weighted by molar-refractivity contribution is 0.108. The Morgan fingerprint density at radius 2 is 1.70 bits per heavy atom. The van der Waals surface area contributed by atoms with Gasteiger partial charge in [-0.3, -0.25) is 9.69 Å². The summed E-state index contributed by atoms with van der Waals surface area (Å²) in [5.74, 6) is 0.788. The van der Waals surface area contributed by atoms with E-state index in [-0.39, 0.29) is 12.4 Å². The molecule has 112 valence electrons. The molecule has 0 unspecified atom stereocenters. The van der Waals surface area contributed by atoms with Gasteiger partial charge in [0.05, 0.1) is 0 Å². The Morgan fingerprint density at radius 3 is 2.25 bits per heavy atom. The van der Waals surface area contributed by atoms with Crippen LogP contribution in [0.3, 0.4) is 0 Å². The molecule has 0 amide bonds. The lowest BCUT2D eigenvalue weighted by atomic mass is 10.2. The number of carbonyl (C=O) groups excluding carboxylic acids is 1. The maximum atomic E-state index is 10.9. The van der Waals surface area contributed by atoms with Crippen molar-refractivity contribution in [2.75, 3.05) is 26.2 Å². The minimum Gasteiger partial charge on any atom is -0.492 e. The molecule has 5 heteroatoms. The predicted octanol–water partition coefficient (Wildman–Crippen LogP) is 3.74. The molecule has 0 N–H and O–H groups in total. The Labute approximate surface area is 131 Å². The van der Waals surface area contributed by atoms with Gasteiger partial charge in [0.25, 0.3) is 5.24 Å². The van der Waals surface area contributed by atoms with E-state index >= 15 is 0 Å². The molecule has 1 aromatic carbocycles. The van der Waals surface area contributed by atoms with Crippen molar-refractivity contribution >= 4 is 29.3 Å². The molecular weight excluding hydrogens is 297 g/mol. The van der Waals surface area contributed by atoms with Gasteiger partial charge in [0.15, 0.2) is 0 Å². The zero-order chi connectivity index (χ0) is 13.5. The molecule has 1 saturated heterocycles. The maximum absolute atomic E-state index is 10.9. The van der Waals surface area contributed by atoms with E-state index in [4.69, 9.17) is 16.3 Å². The van der Waals surface area contributed by atoms with Crippen LogP contribution >= 0.6 is 24.0 Å². The second-order valence-electron chi connectivity index (χ2n) is 4.90. The van der Waals surface area contributed by atoms with Crippen LogP contribution in [-0.4, -0.2) is 36.4 Å². The van der Waals surface area contributed by atoms with E-state index in [1.807, 2.05) is 0 Å². The fraction of sp³-hybridized carbons (Fsp3) is 0.533. The van der Waals surface area contributed by atoms with Crippen molar-refractivity contribution in [1.82, 2.24) is 4.90 Å². The molecular formula is C15H21Cl2NO2. The number of hydrogen-bond donors (Lipinski definition) is 0. The first-order valence-electron chi connectivity index (χ1n) is 6.91. The molecule has 0 saturated carbocycles. The van der Waals surface area contributed by atoms with Crippen LogP contribution in [0.2, 0.25) is 0 Å². The number of ether oxygens (including phenoxy) is 1. The number of nitrogens with zero attached hydrogens (tertiary/aromatic N) is 1. The van der Waals surface area contributed by atoms with Crippen LogP contribution in [0, 0.1) is 0 Å². The van der Waals surface area contributed by atoms with Crippen molar-refractivity contribution in [3.05, 3.63) is 29.8 Å². The van der Waals surface area contributed by atoms with Crippen LogP contribution in [0.1, 0.15) is 36.0 Å². The zero-order valence-corrected chi connectivity index (χ0v) is 13.1. The van der Waals surface area contributed by atoms with Crippen molar-refractivity contribution in [1.29, 1.82) is 0 Å². The van der Waals surface area contributed by atoms with E-state index in [0.29, 0.717) is 12.2 Å². The lowest BCUT2D eigenvalue weighted by Crippen LogP contribution is -2.29. The minimum atomic E-state index is -0.434. The highest BCUT2D eigenvalue weighted by atomic mass is 35.5. The molecule has 1 fully saturated rings. The van der Waals surface area contributed by atoms with Gasteiger partial charge in [-0.05, 0) is 61.8 Å². The average Bonchev–Trinajstić information content (AvgIpc) is 2.68. The molecule has 0 aromatic heterocycles. The average molecular weight is 318 g/mol. The Morgan fingerprint density at radius 1 is 1.10 bits per heavy atom. The number of benzene rings is 1. The van der Waals surface area contributed by atoms with Crippen molar-refractivity contribution in [2.45, 2.75) is 25.7 Å². The van der Waals surface area contributed by atoms with Crippen LogP contribution in [0.25, 0.3) is 0 Å². The normalized spacial score (nSPS) is 16.1. The standard InChI is InChI=1S/C15H20ClNO2.ClH/c16-15(18)13-5-7-14(8-6-13)19-12-11-17-9-3-1-2-4-10-17;/h5-8H,1-4,9-12H2;1H. The Hall–Kier alpha value is -0.770. The number of halogens is 2. The maximum Gasteiger partial charge on any atom is 0.252 e. The third-order valence-corrected chi connectivity index (χ3v) is 3.67. The lowest BCUT2D eigenvalue weighted by Gasteiger charge is -2.19. The first kappa shape index (κ1) is 17.3. The Kier molecular flexibility index (Phi) is 7.97. The zero-order valence-electron chi connectivity index (χ0n) is 11.5. The van der Waals surface area contributed by atoms with Crippen LogP contribution < -0.4 is 4.74 Å². The van der Waals surface area contributed by atoms with Gasteiger partial charge in [-0.15, -0.1) is 12.4 Å². The highest BCUT2D eigenvalue weighted by Gasteiger charge is 2.08. The summed E-state index contributed by atoms with van der Waals surface area (Å²) < 4.78 is 5.69. The summed E-state index contributed by atoms with van der Waals surface area (Å²) in [6.07, 6.45) is 5.30. The third kappa shape index (κ3) is 5.70. The van der Waals surface area contributed by atoms with Crippen molar-refractivity contribution in [3.8, 4) is 5.75 Å². The number of carbonyl (C=O) groups is 1. The molecule has 1 aliphatic heterocycles. The van der Waals surface area contributed by atoms with Crippen LogP contribution in [0.4, 0.5) is 0 Å². The SMILES string of the molecule is Cl.O=C(Cl)c1ccc(OCCN2CCCCCC2)cc1. The van der Waals surface area contributed by atoms with Crippen molar-refractivity contribution in [3.63, 3.8) is 0 Å². The third-order valence-electron chi connectivity index (χ3n) is 3.46. The first-order chi connectivity index (χ1) is 9.25. The van der Waals surface area contributed by atoms with Crippen molar-refractivity contribution < 1.29 is 9.53 Å². The fourth-order valence-electron chi connectivity index (χ4n) is 2.33. The van der Waals surface area contributed by atoms with Crippen molar-refractivity contribution in [2.24, 2.45) is 0 Å². The Bertz CT molecular complexity index is 401. The number of hydrogen-bond acceptors (Lipinski definition) is 3. The molecule has 0 spiro atoms. The van der Waals surface area contributed by atoms with E-state index < -0.39 is 5.24 Å².